The second kappa shape index (κ2) is 200. The third-order valence-corrected chi connectivity index (χ3v) is 0.512. The van der Waals surface area contributed by atoms with Gasteiger partial charge in [-0.2, -0.15) is 0 Å². The van der Waals surface area contributed by atoms with Gasteiger partial charge in [-0.3, -0.25) is 0 Å². The standard InChI is InChI=1S/C4H10O.2CHNO.6CH4/c1-2-3-4-5;2*2-1-3;;;;;;/h5H,2-4H2,1H3;2*2H;6*1H4. The highest BCUT2D eigenvalue weighted by Crippen LogP contribution is 1.78. The van der Waals surface area contributed by atoms with Gasteiger partial charge in [-0.25, -0.2) is 20.4 Å². The van der Waals surface area contributed by atoms with E-state index in [9.17, 15) is 0 Å². The first kappa shape index (κ1) is 75.4. The molecule has 0 aromatic carbocycles. The number of unbranched alkanes of at least 4 members (excludes halogenated alkanes) is 1. The Bertz CT molecular complexity index is 103. The Morgan fingerprint density at radius 3 is 1.06 bits per heavy atom. The summed E-state index contributed by atoms with van der Waals surface area (Å²) in [6.45, 7) is 2.40. The lowest BCUT2D eigenvalue weighted by Gasteiger charge is -1.79. The van der Waals surface area contributed by atoms with Gasteiger partial charge in [-0.1, -0.05) is 57.9 Å². The fourth-order valence-corrected chi connectivity index (χ4v) is 0.158. The highest BCUT2D eigenvalue weighted by Gasteiger charge is 1.69. The molecule has 0 aliphatic heterocycles. The molecule has 0 bridgehead atoms. The molecule has 17 heavy (non-hydrogen) atoms. The molecule has 3 N–H and O–H groups in total. The van der Waals surface area contributed by atoms with Crippen LogP contribution in [0.5, 0.6) is 0 Å². The maximum absolute atomic E-state index is 8.35. The molecular formula is C12H36N2O3. The number of hydrogen-bond donors (Lipinski definition) is 3. The molecule has 0 rings (SSSR count). The van der Waals surface area contributed by atoms with E-state index in [0.29, 0.717) is 6.61 Å². The average molecular weight is 256 g/mol. The van der Waals surface area contributed by atoms with Crippen molar-refractivity contribution in [2.75, 3.05) is 6.61 Å². The molecule has 112 valence electrons. The number of nitrogens with one attached hydrogen (secondary N) is 2. The van der Waals surface area contributed by atoms with Crippen molar-refractivity contribution in [2.24, 2.45) is 0 Å². The third-order valence-electron chi connectivity index (χ3n) is 0.512. The maximum atomic E-state index is 8.35. The molecule has 0 amide bonds. The quantitative estimate of drug-likeness (QED) is 0.504. The van der Waals surface area contributed by atoms with Crippen LogP contribution in [0.1, 0.15) is 64.3 Å². The summed E-state index contributed by atoms with van der Waals surface area (Å²) in [4.78, 5) is 16.7. The predicted octanol–water partition coefficient (Wildman–Crippen LogP) is 4.40. The summed E-state index contributed by atoms with van der Waals surface area (Å²) >= 11 is 0. The number of aliphatic hydroxyl groups excluding tert-OH is 1. The molecule has 0 atom stereocenters. The van der Waals surface area contributed by atoms with Crippen molar-refractivity contribution in [2.45, 2.75) is 64.3 Å². The first-order valence-electron chi connectivity index (χ1n) is 2.93. The second-order valence-electron chi connectivity index (χ2n) is 1.28. The molecule has 0 aromatic heterocycles. The number of hydrogen-bond acceptors (Lipinski definition) is 5. The maximum Gasteiger partial charge on any atom is 0.231 e. The minimum absolute atomic E-state index is 0. The monoisotopic (exact) mass is 256 g/mol. The molecule has 0 saturated heterocycles. The van der Waals surface area contributed by atoms with E-state index in [4.69, 9.17) is 25.5 Å². The zero-order valence-electron chi connectivity index (χ0n) is 6.39. The molecule has 5 nitrogen and oxygen atoms in total. The normalized spacial score (nSPS) is 3.41. The highest BCUT2D eigenvalue weighted by molar-refractivity contribution is 5.26. The minimum Gasteiger partial charge on any atom is -0.396 e. The van der Waals surface area contributed by atoms with E-state index in [1.54, 1.807) is 0 Å². The lowest BCUT2D eigenvalue weighted by atomic mass is 10.4. The minimum atomic E-state index is 0. The van der Waals surface area contributed by atoms with Crippen LogP contribution < -0.4 is 0 Å². The zero-order valence-corrected chi connectivity index (χ0v) is 6.39. The van der Waals surface area contributed by atoms with E-state index in [1.807, 2.05) is 0 Å². The van der Waals surface area contributed by atoms with Crippen molar-refractivity contribution >= 4 is 12.2 Å². The van der Waals surface area contributed by atoms with E-state index in [-0.39, 0.29) is 44.6 Å². The van der Waals surface area contributed by atoms with Crippen LogP contribution in [0.2, 0.25) is 0 Å². The highest BCUT2D eigenvalue weighted by atomic mass is 16.2. The number of carbonyl (C=O) groups excluding carboxylic acids is 2. The van der Waals surface area contributed by atoms with Crippen LogP contribution in [0.3, 0.4) is 0 Å². The molecule has 0 radical (unpaired) electrons. The molecular weight excluding hydrogens is 220 g/mol. The van der Waals surface area contributed by atoms with Gasteiger partial charge in [-0.05, 0) is 6.42 Å². The Kier molecular flexibility index (Phi) is 888. The SMILES string of the molecule is C.C.C.C.C.C.CCCCO.N=C=O.N=C=O. The second-order valence-corrected chi connectivity index (χ2v) is 1.28. The van der Waals surface area contributed by atoms with Crippen molar-refractivity contribution < 1.29 is 14.7 Å². The van der Waals surface area contributed by atoms with Gasteiger partial charge in [0.15, 0.2) is 0 Å². The van der Waals surface area contributed by atoms with Crippen LogP contribution in [-0.2, 0) is 9.59 Å². The van der Waals surface area contributed by atoms with Crippen LogP contribution in [0.4, 0.5) is 0 Å². The van der Waals surface area contributed by atoms with E-state index >= 15 is 0 Å². The summed E-state index contributed by atoms with van der Waals surface area (Å²) in [6, 6.07) is 0. The van der Waals surface area contributed by atoms with Crippen molar-refractivity contribution in [1.29, 1.82) is 10.8 Å². The van der Waals surface area contributed by atoms with E-state index in [1.165, 1.54) is 0 Å². The van der Waals surface area contributed by atoms with Crippen LogP contribution in [-0.4, -0.2) is 23.9 Å². The first-order chi connectivity index (χ1) is 5.24. The van der Waals surface area contributed by atoms with E-state index < -0.39 is 0 Å². The van der Waals surface area contributed by atoms with Crippen LogP contribution in [0, 0.1) is 10.8 Å². The fourth-order valence-electron chi connectivity index (χ4n) is 0.158. The summed E-state index contributed by atoms with van der Waals surface area (Å²) < 4.78 is 0. The molecule has 0 aliphatic carbocycles. The Morgan fingerprint density at radius 1 is 0.882 bits per heavy atom. The smallest absolute Gasteiger partial charge is 0.231 e. The van der Waals surface area contributed by atoms with Crippen molar-refractivity contribution in [1.82, 2.24) is 0 Å². The van der Waals surface area contributed by atoms with Crippen LogP contribution in [0.15, 0.2) is 0 Å². The zero-order chi connectivity index (χ0) is 9.54. The Balaban J connectivity index is -0.00000000707. The van der Waals surface area contributed by atoms with Gasteiger partial charge in [0.2, 0.25) is 12.2 Å². The average Bonchev–Trinajstić information content (AvgIpc) is 1.92. The van der Waals surface area contributed by atoms with Gasteiger partial charge < -0.3 is 5.11 Å². The lowest BCUT2D eigenvalue weighted by Crippen LogP contribution is -1.75. The van der Waals surface area contributed by atoms with Crippen molar-refractivity contribution in [3.05, 3.63) is 0 Å². The van der Waals surface area contributed by atoms with Gasteiger partial charge in [0.05, 0.1) is 0 Å². The Labute approximate surface area is 109 Å². The van der Waals surface area contributed by atoms with Crippen LogP contribution in [0.25, 0.3) is 0 Å². The Morgan fingerprint density at radius 2 is 1.06 bits per heavy atom. The molecule has 0 unspecified atom stereocenters. The molecule has 0 saturated carbocycles. The number of isocyanates is 2. The lowest BCUT2D eigenvalue weighted by molar-refractivity contribution is 0.287. The molecule has 0 aliphatic rings. The molecule has 0 spiro atoms. The summed E-state index contributed by atoms with van der Waals surface area (Å²) in [7, 11) is 0. The first-order valence-corrected chi connectivity index (χ1v) is 2.93. The predicted molar refractivity (Wildman–Crippen MR) is 79.2 cm³/mol. The number of aliphatic hydroxyl groups is 1. The summed E-state index contributed by atoms with van der Waals surface area (Å²) in [6.07, 6.45) is 3.54. The van der Waals surface area contributed by atoms with Gasteiger partial charge in [-0.15, -0.1) is 0 Å². The van der Waals surface area contributed by atoms with Gasteiger partial charge in [0, 0.05) is 6.61 Å². The van der Waals surface area contributed by atoms with Gasteiger partial charge in [0.1, 0.15) is 0 Å². The van der Waals surface area contributed by atoms with Crippen molar-refractivity contribution in [3.8, 4) is 0 Å². The topological polar surface area (TPSA) is 102 Å². The third kappa shape index (κ3) is 4590. The summed E-state index contributed by atoms with van der Waals surface area (Å²) in [5, 5.41) is 18.9. The molecule has 5 heteroatoms. The molecule has 0 aromatic rings. The Hall–Kier alpha value is -1.28. The van der Waals surface area contributed by atoms with Crippen LogP contribution >= 0.6 is 0 Å². The van der Waals surface area contributed by atoms with E-state index in [2.05, 4.69) is 6.92 Å². The fraction of sp³-hybridized carbons (Fsp3) is 0.833. The van der Waals surface area contributed by atoms with Gasteiger partial charge >= 0.3 is 0 Å². The molecule has 0 fully saturated rings. The van der Waals surface area contributed by atoms with Crippen molar-refractivity contribution in [3.63, 3.8) is 0 Å². The largest absolute Gasteiger partial charge is 0.396 e. The summed E-state index contributed by atoms with van der Waals surface area (Å²) in [5.41, 5.74) is 0. The summed E-state index contributed by atoms with van der Waals surface area (Å²) in [5.74, 6) is 0. The number of rotatable bonds is 2. The van der Waals surface area contributed by atoms with E-state index in [0.717, 1.165) is 25.0 Å². The molecule has 0 heterocycles. The van der Waals surface area contributed by atoms with Gasteiger partial charge in [0.25, 0.3) is 0 Å².